The van der Waals surface area contributed by atoms with Crippen LogP contribution in [-0.4, -0.2) is 61.0 Å². The van der Waals surface area contributed by atoms with Gasteiger partial charge in [0.25, 0.3) is 5.91 Å². The van der Waals surface area contributed by atoms with Crippen molar-refractivity contribution in [1.29, 1.82) is 0 Å². The molecule has 0 aliphatic carbocycles. The fraction of sp³-hybridized carbons (Fsp3) is 0.467. The van der Waals surface area contributed by atoms with Crippen molar-refractivity contribution in [2.75, 3.05) is 39.4 Å². The maximum absolute atomic E-state index is 12.3. The van der Waals surface area contributed by atoms with E-state index in [1.54, 1.807) is 34.1 Å². The number of benzene rings is 1. The van der Waals surface area contributed by atoms with E-state index in [1.165, 1.54) is 0 Å². The zero-order chi connectivity index (χ0) is 15.2. The fourth-order valence-corrected chi connectivity index (χ4v) is 2.43. The fourth-order valence-electron chi connectivity index (χ4n) is 2.24. The molecular formula is C15H19ClN2O3. The third kappa shape index (κ3) is 4.19. The molecule has 0 N–H and O–H groups in total. The Hall–Kier alpha value is -1.59. The highest BCUT2D eigenvalue weighted by atomic mass is 35.5. The van der Waals surface area contributed by atoms with Crippen LogP contribution in [0, 0.1) is 0 Å². The van der Waals surface area contributed by atoms with Gasteiger partial charge in [-0.15, -0.1) is 0 Å². The molecule has 1 heterocycles. The smallest absolute Gasteiger partial charge is 0.254 e. The van der Waals surface area contributed by atoms with Crippen LogP contribution in [0.5, 0.6) is 0 Å². The summed E-state index contributed by atoms with van der Waals surface area (Å²) in [6, 6.07) is 6.91. The number of piperazine rings is 1. The van der Waals surface area contributed by atoms with Gasteiger partial charge >= 0.3 is 0 Å². The van der Waals surface area contributed by atoms with Crippen molar-refractivity contribution in [3.63, 3.8) is 0 Å². The van der Waals surface area contributed by atoms with Crippen LogP contribution in [-0.2, 0) is 9.53 Å². The maximum Gasteiger partial charge on any atom is 0.254 e. The molecule has 2 rings (SSSR count). The van der Waals surface area contributed by atoms with Gasteiger partial charge in [-0.1, -0.05) is 17.7 Å². The summed E-state index contributed by atoms with van der Waals surface area (Å²) < 4.78 is 5.12. The van der Waals surface area contributed by atoms with Crippen molar-refractivity contribution >= 4 is 23.4 Å². The molecule has 0 aromatic heterocycles. The molecule has 1 saturated heterocycles. The minimum absolute atomic E-state index is 0.0216. The first kappa shape index (κ1) is 15.8. The molecule has 0 saturated carbocycles. The van der Waals surface area contributed by atoms with Crippen molar-refractivity contribution in [3.8, 4) is 0 Å². The monoisotopic (exact) mass is 310 g/mol. The standard InChI is InChI=1S/C15H19ClN2O3/c1-2-21-11-14(19)17-6-8-18(9-7-17)15(20)12-4-3-5-13(16)10-12/h3-5,10H,2,6-9,11H2,1H3. The highest BCUT2D eigenvalue weighted by Crippen LogP contribution is 2.14. The number of carbonyl (C=O) groups is 2. The highest BCUT2D eigenvalue weighted by Gasteiger charge is 2.24. The van der Waals surface area contributed by atoms with Crippen LogP contribution in [0.2, 0.25) is 5.02 Å². The molecule has 2 amide bonds. The Morgan fingerprint density at radius 1 is 1.19 bits per heavy atom. The van der Waals surface area contributed by atoms with Crippen molar-refractivity contribution in [2.24, 2.45) is 0 Å². The van der Waals surface area contributed by atoms with E-state index in [2.05, 4.69) is 0 Å². The number of carbonyl (C=O) groups excluding carboxylic acids is 2. The first-order chi connectivity index (χ1) is 10.1. The van der Waals surface area contributed by atoms with Gasteiger partial charge in [-0.2, -0.15) is 0 Å². The minimum atomic E-state index is -0.0468. The molecule has 0 atom stereocenters. The average Bonchev–Trinajstić information content (AvgIpc) is 2.52. The molecule has 6 heteroatoms. The van der Waals surface area contributed by atoms with Gasteiger partial charge < -0.3 is 14.5 Å². The molecule has 0 bridgehead atoms. The summed E-state index contributed by atoms with van der Waals surface area (Å²) in [5, 5.41) is 0.548. The van der Waals surface area contributed by atoms with Crippen LogP contribution in [0.1, 0.15) is 17.3 Å². The van der Waals surface area contributed by atoms with Crippen LogP contribution in [0.15, 0.2) is 24.3 Å². The summed E-state index contributed by atoms with van der Waals surface area (Å²) in [6.45, 7) is 4.63. The summed E-state index contributed by atoms with van der Waals surface area (Å²) >= 11 is 5.90. The van der Waals surface area contributed by atoms with E-state index in [1.807, 2.05) is 6.92 Å². The van der Waals surface area contributed by atoms with Gasteiger partial charge in [0.15, 0.2) is 0 Å². The molecule has 1 aromatic carbocycles. The van der Waals surface area contributed by atoms with Crippen LogP contribution in [0.3, 0.4) is 0 Å². The van der Waals surface area contributed by atoms with Crippen LogP contribution >= 0.6 is 11.6 Å². The first-order valence-corrected chi connectivity index (χ1v) is 7.40. The molecule has 21 heavy (non-hydrogen) atoms. The maximum atomic E-state index is 12.3. The Morgan fingerprint density at radius 3 is 2.48 bits per heavy atom. The van der Waals surface area contributed by atoms with Crippen LogP contribution in [0.4, 0.5) is 0 Å². The van der Waals surface area contributed by atoms with Gasteiger partial charge in [-0.05, 0) is 25.1 Å². The normalized spacial score (nSPS) is 15.1. The molecule has 114 valence electrons. The molecule has 0 spiro atoms. The summed E-state index contributed by atoms with van der Waals surface area (Å²) in [7, 11) is 0. The number of amides is 2. The third-order valence-electron chi connectivity index (χ3n) is 3.42. The van der Waals surface area contributed by atoms with Crippen LogP contribution < -0.4 is 0 Å². The molecule has 1 aromatic rings. The van der Waals surface area contributed by atoms with E-state index in [9.17, 15) is 9.59 Å². The lowest BCUT2D eigenvalue weighted by Crippen LogP contribution is -2.51. The Balaban J connectivity index is 1.89. The summed E-state index contributed by atoms with van der Waals surface area (Å²) in [5.41, 5.74) is 0.580. The predicted octanol–water partition coefficient (Wildman–Crippen LogP) is 1.66. The van der Waals surface area contributed by atoms with E-state index >= 15 is 0 Å². The van der Waals surface area contributed by atoms with E-state index < -0.39 is 0 Å². The van der Waals surface area contributed by atoms with Gasteiger partial charge in [0, 0.05) is 43.4 Å². The average molecular weight is 311 g/mol. The second kappa shape index (κ2) is 7.43. The Labute approximate surface area is 129 Å². The second-order valence-corrected chi connectivity index (χ2v) is 5.26. The zero-order valence-electron chi connectivity index (χ0n) is 12.0. The number of ether oxygens (including phenoxy) is 1. The SMILES string of the molecule is CCOCC(=O)N1CCN(C(=O)c2cccc(Cl)c2)CC1. The Morgan fingerprint density at radius 2 is 1.86 bits per heavy atom. The largest absolute Gasteiger partial charge is 0.372 e. The van der Waals surface area contributed by atoms with Gasteiger partial charge in [-0.3, -0.25) is 9.59 Å². The number of rotatable bonds is 4. The first-order valence-electron chi connectivity index (χ1n) is 7.02. The molecule has 1 aliphatic heterocycles. The van der Waals surface area contributed by atoms with E-state index in [-0.39, 0.29) is 18.4 Å². The topological polar surface area (TPSA) is 49.9 Å². The van der Waals surface area contributed by atoms with Gasteiger partial charge in [-0.25, -0.2) is 0 Å². The minimum Gasteiger partial charge on any atom is -0.372 e. The van der Waals surface area contributed by atoms with Gasteiger partial charge in [0.1, 0.15) is 6.61 Å². The van der Waals surface area contributed by atoms with Gasteiger partial charge in [0.05, 0.1) is 0 Å². The molecule has 0 unspecified atom stereocenters. The molecule has 1 aliphatic rings. The summed E-state index contributed by atoms with van der Waals surface area (Å²) in [6.07, 6.45) is 0. The van der Waals surface area contributed by atoms with Crippen molar-refractivity contribution < 1.29 is 14.3 Å². The van der Waals surface area contributed by atoms with Crippen molar-refractivity contribution in [3.05, 3.63) is 34.9 Å². The Bertz CT molecular complexity index is 513. The Kier molecular flexibility index (Phi) is 5.59. The third-order valence-corrected chi connectivity index (χ3v) is 3.66. The zero-order valence-corrected chi connectivity index (χ0v) is 12.8. The predicted molar refractivity (Wildman–Crippen MR) is 80.4 cm³/mol. The number of nitrogens with zero attached hydrogens (tertiary/aromatic N) is 2. The number of hydrogen-bond acceptors (Lipinski definition) is 3. The summed E-state index contributed by atoms with van der Waals surface area (Å²) in [4.78, 5) is 27.6. The quantitative estimate of drug-likeness (QED) is 0.850. The van der Waals surface area contributed by atoms with E-state index in [4.69, 9.17) is 16.3 Å². The molecule has 0 radical (unpaired) electrons. The van der Waals surface area contributed by atoms with E-state index in [0.29, 0.717) is 43.4 Å². The number of halogens is 1. The molecule has 5 nitrogen and oxygen atoms in total. The van der Waals surface area contributed by atoms with Crippen LogP contribution in [0.25, 0.3) is 0 Å². The van der Waals surface area contributed by atoms with E-state index in [0.717, 1.165) is 0 Å². The summed E-state index contributed by atoms with van der Waals surface area (Å²) in [5.74, 6) is -0.0684. The molecule has 1 fully saturated rings. The van der Waals surface area contributed by atoms with Crippen molar-refractivity contribution in [1.82, 2.24) is 9.80 Å². The lowest BCUT2D eigenvalue weighted by Gasteiger charge is -2.34. The number of hydrogen-bond donors (Lipinski definition) is 0. The lowest BCUT2D eigenvalue weighted by molar-refractivity contribution is -0.137. The lowest BCUT2D eigenvalue weighted by atomic mass is 10.2. The van der Waals surface area contributed by atoms with Gasteiger partial charge in [0.2, 0.25) is 5.91 Å². The second-order valence-electron chi connectivity index (χ2n) is 4.82. The highest BCUT2D eigenvalue weighted by molar-refractivity contribution is 6.30. The van der Waals surface area contributed by atoms with Crippen molar-refractivity contribution in [2.45, 2.75) is 6.92 Å². The molecular weight excluding hydrogens is 292 g/mol.